The highest BCUT2D eigenvalue weighted by Gasteiger charge is 2.16. The van der Waals surface area contributed by atoms with Crippen molar-refractivity contribution in [2.45, 2.75) is 25.9 Å². The average molecular weight is 190 g/mol. The fourth-order valence-corrected chi connectivity index (χ4v) is 1.71. The molecule has 0 radical (unpaired) electrons. The fraction of sp³-hybridized carbons (Fsp3) is 0.600. The summed E-state index contributed by atoms with van der Waals surface area (Å²) in [6.45, 7) is 4.05. The Morgan fingerprint density at radius 1 is 1.50 bits per heavy atom. The molecule has 0 N–H and O–H groups in total. The molecule has 0 unspecified atom stereocenters. The van der Waals surface area contributed by atoms with Crippen LogP contribution in [0.3, 0.4) is 0 Å². The van der Waals surface area contributed by atoms with Crippen LogP contribution in [0.15, 0.2) is 6.33 Å². The molecule has 1 aliphatic heterocycles. The third kappa shape index (κ3) is 1.94. The van der Waals surface area contributed by atoms with E-state index >= 15 is 0 Å². The van der Waals surface area contributed by atoms with E-state index in [0.717, 1.165) is 44.8 Å². The molecule has 0 amide bonds. The van der Waals surface area contributed by atoms with Gasteiger partial charge in [-0.05, 0) is 13.0 Å². The van der Waals surface area contributed by atoms with Gasteiger partial charge in [-0.15, -0.1) is 22.5 Å². The van der Waals surface area contributed by atoms with Gasteiger partial charge in [0.25, 0.3) is 0 Å². The number of unbranched alkanes of at least 4 members (excludes halogenated alkanes) is 1. The molecular weight excluding hydrogens is 176 g/mol. The van der Waals surface area contributed by atoms with Crippen molar-refractivity contribution in [3.63, 3.8) is 0 Å². The van der Waals surface area contributed by atoms with Crippen molar-refractivity contribution < 1.29 is 0 Å². The Labute approximate surface area is 83.9 Å². The maximum Gasteiger partial charge on any atom is 0.147 e. The second kappa shape index (κ2) is 4.25. The molecule has 14 heavy (non-hydrogen) atoms. The highest BCUT2D eigenvalue weighted by Crippen LogP contribution is 2.09. The Bertz CT molecular complexity index is 336. The predicted octanol–water partition coefficient (Wildman–Crippen LogP) is 0.507. The van der Waals surface area contributed by atoms with Gasteiger partial charge in [0.05, 0.1) is 6.54 Å². The summed E-state index contributed by atoms with van der Waals surface area (Å²) in [6, 6.07) is 0. The molecule has 2 heterocycles. The standard InChI is InChI=1S/C10H14N4/c1-2-3-4-5-13-6-7-14-9-11-12-10(14)8-13/h1,9H,3-8H2. The number of fused-ring (bicyclic) bond motifs is 1. The van der Waals surface area contributed by atoms with E-state index < -0.39 is 0 Å². The first-order valence-corrected chi connectivity index (χ1v) is 4.92. The van der Waals surface area contributed by atoms with Crippen molar-refractivity contribution in [3.05, 3.63) is 12.2 Å². The topological polar surface area (TPSA) is 34.0 Å². The molecular formula is C10H14N4. The second-order valence-corrected chi connectivity index (χ2v) is 3.52. The molecule has 4 nitrogen and oxygen atoms in total. The monoisotopic (exact) mass is 190 g/mol. The molecule has 74 valence electrons. The molecule has 0 spiro atoms. The highest BCUT2D eigenvalue weighted by molar-refractivity contribution is 4.90. The first kappa shape index (κ1) is 9.22. The van der Waals surface area contributed by atoms with Gasteiger partial charge in [-0.3, -0.25) is 4.90 Å². The minimum absolute atomic E-state index is 0.864. The molecule has 1 aromatic rings. The lowest BCUT2D eigenvalue weighted by atomic mass is 10.2. The van der Waals surface area contributed by atoms with Crippen LogP contribution in [0.25, 0.3) is 0 Å². The number of hydrogen-bond donors (Lipinski definition) is 0. The van der Waals surface area contributed by atoms with E-state index in [-0.39, 0.29) is 0 Å². The van der Waals surface area contributed by atoms with Crippen LogP contribution in [0.4, 0.5) is 0 Å². The summed E-state index contributed by atoms with van der Waals surface area (Å²) in [5, 5.41) is 7.95. The summed E-state index contributed by atoms with van der Waals surface area (Å²) in [5.41, 5.74) is 0. The van der Waals surface area contributed by atoms with Gasteiger partial charge in [0, 0.05) is 19.5 Å². The quantitative estimate of drug-likeness (QED) is 0.514. The third-order valence-electron chi connectivity index (χ3n) is 2.51. The Kier molecular flexibility index (Phi) is 2.80. The van der Waals surface area contributed by atoms with Crippen LogP contribution in [0.1, 0.15) is 18.7 Å². The Hall–Kier alpha value is -1.34. The van der Waals surface area contributed by atoms with Gasteiger partial charge >= 0.3 is 0 Å². The maximum atomic E-state index is 5.21. The molecule has 0 saturated heterocycles. The van der Waals surface area contributed by atoms with Gasteiger partial charge in [-0.2, -0.15) is 0 Å². The van der Waals surface area contributed by atoms with E-state index in [2.05, 4.69) is 25.6 Å². The number of nitrogens with zero attached hydrogens (tertiary/aromatic N) is 4. The summed E-state index contributed by atoms with van der Waals surface area (Å²) in [6.07, 6.45) is 8.95. The lowest BCUT2D eigenvalue weighted by Crippen LogP contribution is -2.34. The van der Waals surface area contributed by atoms with Crippen LogP contribution >= 0.6 is 0 Å². The zero-order valence-corrected chi connectivity index (χ0v) is 8.19. The van der Waals surface area contributed by atoms with Gasteiger partial charge in [-0.25, -0.2) is 0 Å². The third-order valence-corrected chi connectivity index (χ3v) is 2.51. The number of hydrogen-bond acceptors (Lipinski definition) is 3. The Morgan fingerprint density at radius 2 is 2.43 bits per heavy atom. The molecule has 0 atom stereocenters. The Morgan fingerprint density at radius 3 is 3.29 bits per heavy atom. The van der Waals surface area contributed by atoms with E-state index in [1.807, 2.05) is 0 Å². The lowest BCUT2D eigenvalue weighted by Gasteiger charge is -2.26. The molecule has 0 fully saturated rings. The van der Waals surface area contributed by atoms with Crippen molar-refractivity contribution in [1.82, 2.24) is 19.7 Å². The minimum atomic E-state index is 0.864. The van der Waals surface area contributed by atoms with Gasteiger partial charge in [0.15, 0.2) is 0 Å². The van der Waals surface area contributed by atoms with Crippen LogP contribution in [-0.2, 0) is 13.1 Å². The summed E-state index contributed by atoms with van der Waals surface area (Å²) in [4.78, 5) is 2.38. The molecule has 1 aromatic heterocycles. The highest BCUT2D eigenvalue weighted by atomic mass is 15.3. The van der Waals surface area contributed by atoms with Crippen LogP contribution in [0.2, 0.25) is 0 Å². The normalized spacial score (nSPS) is 16.2. The molecule has 0 saturated carbocycles. The first-order chi connectivity index (χ1) is 6.90. The lowest BCUT2D eigenvalue weighted by molar-refractivity contribution is 0.215. The number of aromatic nitrogens is 3. The van der Waals surface area contributed by atoms with E-state index in [1.54, 1.807) is 6.33 Å². The predicted molar refractivity (Wildman–Crippen MR) is 53.4 cm³/mol. The SMILES string of the molecule is C#CCCCN1CCn2cnnc2C1. The summed E-state index contributed by atoms with van der Waals surface area (Å²) in [5.74, 6) is 3.73. The van der Waals surface area contributed by atoms with Crippen LogP contribution < -0.4 is 0 Å². The van der Waals surface area contributed by atoms with Crippen molar-refractivity contribution in [3.8, 4) is 12.3 Å². The van der Waals surface area contributed by atoms with E-state index in [9.17, 15) is 0 Å². The van der Waals surface area contributed by atoms with E-state index in [1.165, 1.54) is 0 Å². The fourth-order valence-electron chi connectivity index (χ4n) is 1.71. The molecule has 4 heteroatoms. The van der Waals surface area contributed by atoms with Crippen molar-refractivity contribution >= 4 is 0 Å². The van der Waals surface area contributed by atoms with Crippen molar-refractivity contribution in [1.29, 1.82) is 0 Å². The second-order valence-electron chi connectivity index (χ2n) is 3.52. The van der Waals surface area contributed by atoms with Crippen LogP contribution in [0.5, 0.6) is 0 Å². The van der Waals surface area contributed by atoms with Crippen molar-refractivity contribution in [2.24, 2.45) is 0 Å². The molecule has 0 aromatic carbocycles. The summed E-state index contributed by atoms with van der Waals surface area (Å²) >= 11 is 0. The molecule has 2 rings (SSSR count). The molecule has 0 aliphatic carbocycles. The van der Waals surface area contributed by atoms with Gasteiger partial charge in [0.2, 0.25) is 0 Å². The number of rotatable bonds is 3. The first-order valence-electron chi connectivity index (χ1n) is 4.92. The zero-order valence-electron chi connectivity index (χ0n) is 8.19. The molecule has 1 aliphatic rings. The van der Waals surface area contributed by atoms with Gasteiger partial charge in [0.1, 0.15) is 12.2 Å². The summed E-state index contributed by atoms with van der Waals surface area (Å²) < 4.78 is 2.11. The average Bonchev–Trinajstić information content (AvgIpc) is 2.65. The minimum Gasteiger partial charge on any atom is -0.315 e. The maximum absolute atomic E-state index is 5.21. The van der Waals surface area contributed by atoms with Crippen LogP contribution in [-0.4, -0.2) is 32.8 Å². The van der Waals surface area contributed by atoms with E-state index in [4.69, 9.17) is 6.42 Å². The molecule has 0 bridgehead atoms. The largest absolute Gasteiger partial charge is 0.315 e. The van der Waals surface area contributed by atoms with Crippen molar-refractivity contribution in [2.75, 3.05) is 13.1 Å². The van der Waals surface area contributed by atoms with E-state index in [0.29, 0.717) is 0 Å². The van der Waals surface area contributed by atoms with Gasteiger partial charge < -0.3 is 4.57 Å². The Balaban J connectivity index is 1.86. The van der Waals surface area contributed by atoms with Crippen LogP contribution in [0, 0.1) is 12.3 Å². The number of terminal acetylenes is 1. The smallest absolute Gasteiger partial charge is 0.147 e. The van der Waals surface area contributed by atoms with Gasteiger partial charge in [-0.1, -0.05) is 0 Å². The zero-order chi connectivity index (χ0) is 9.80. The summed E-state index contributed by atoms with van der Waals surface area (Å²) in [7, 11) is 0.